The number of benzene rings is 2. The van der Waals surface area contributed by atoms with Crippen LogP contribution in [0.2, 0.25) is 10.0 Å². The number of nitrogens with one attached hydrogen (secondary N) is 1. The minimum Gasteiger partial charge on any atom is -0.285 e. The molecule has 1 unspecified atom stereocenters. The zero-order valence-corrected chi connectivity index (χ0v) is 14.8. The highest BCUT2D eigenvalue weighted by molar-refractivity contribution is 6.44. The lowest BCUT2D eigenvalue weighted by Crippen LogP contribution is -2.55. The van der Waals surface area contributed by atoms with Crippen LogP contribution < -0.4 is 10.3 Å². The summed E-state index contributed by atoms with van der Waals surface area (Å²) in [5, 5.41) is 5.26. The summed E-state index contributed by atoms with van der Waals surface area (Å²) in [5.41, 5.74) is 6.43. The van der Waals surface area contributed by atoms with E-state index < -0.39 is 0 Å². The lowest BCUT2D eigenvalue weighted by atomic mass is 10.00. The molecule has 1 N–H and O–H groups in total. The second kappa shape index (κ2) is 6.17. The summed E-state index contributed by atoms with van der Waals surface area (Å²) >= 11 is 12.6. The van der Waals surface area contributed by atoms with Crippen LogP contribution in [0.25, 0.3) is 0 Å². The number of hydrogen-bond donors (Lipinski definition) is 1. The number of anilines is 1. The number of hydrogen-bond acceptors (Lipinski definition) is 4. The first kappa shape index (κ1) is 16.1. The lowest BCUT2D eigenvalue weighted by Gasteiger charge is -2.33. The number of carbonyl (C=O) groups excluding carboxylic acids is 1. The van der Waals surface area contributed by atoms with Crippen LogP contribution in [0.15, 0.2) is 52.6 Å². The van der Waals surface area contributed by atoms with Gasteiger partial charge in [0.2, 0.25) is 0 Å². The van der Waals surface area contributed by atoms with Crippen molar-refractivity contribution >= 4 is 46.2 Å². The van der Waals surface area contributed by atoms with Gasteiger partial charge in [-0.3, -0.25) is 20.1 Å². The van der Waals surface area contributed by atoms with E-state index >= 15 is 0 Å². The van der Waals surface area contributed by atoms with Gasteiger partial charge in [0.25, 0.3) is 5.91 Å². The van der Waals surface area contributed by atoms with Gasteiger partial charge >= 0.3 is 0 Å². The number of carbonyl (C=O) groups is 1. The lowest BCUT2D eigenvalue weighted by molar-refractivity contribution is -0.113. The van der Waals surface area contributed by atoms with Crippen molar-refractivity contribution < 1.29 is 4.79 Å². The van der Waals surface area contributed by atoms with Crippen molar-refractivity contribution in [2.45, 2.75) is 13.1 Å². The van der Waals surface area contributed by atoms with E-state index in [9.17, 15) is 4.79 Å². The van der Waals surface area contributed by atoms with Gasteiger partial charge in [0.15, 0.2) is 0 Å². The molecule has 2 heterocycles. The molecule has 0 spiro atoms. The molecule has 0 aliphatic carbocycles. The molecule has 25 heavy (non-hydrogen) atoms. The van der Waals surface area contributed by atoms with Crippen molar-refractivity contribution in [3.8, 4) is 0 Å². The molecule has 0 fully saturated rings. The third-order valence-electron chi connectivity index (χ3n) is 4.25. The van der Waals surface area contributed by atoms with Crippen LogP contribution in [-0.4, -0.2) is 30.0 Å². The van der Waals surface area contributed by atoms with Crippen LogP contribution in [0.5, 0.6) is 0 Å². The Bertz CT molecular complexity index is 938. The van der Waals surface area contributed by atoms with E-state index in [1.807, 2.05) is 36.4 Å². The van der Waals surface area contributed by atoms with Gasteiger partial charge in [0.1, 0.15) is 11.9 Å². The van der Waals surface area contributed by atoms with Crippen molar-refractivity contribution in [1.29, 1.82) is 0 Å². The summed E-state index contributed by atoms with van der Waals surface area (Å²) in [4.78, 5) is 19.1. The van der Waals surface area contributed by atoms with Crippen LogP contribution >= 0.6 is 23.2 Å². The van der Waals surface area contributed by atoms with Crippen molar-refractivity contribution in [2.75, 3.05) is 11.4 Å². The molecule has 1 amide bonds. The average Bonchev–Trinajstić information content (AvgIpc) is 2.76. The highest BCUT2D eigenvalue weighted by Gasteiger charge is 2.35. The topological polar surface area (TPSA) is 57.1 Å². The van der Waals surface area contributed by atoms with Gasteiger partial charge in [-0.25, -0.2) is 0 Å². The van der Waals surface area contributed by atoms with Crippen molar-refractivity contribution in [3.05, 3.63) is 63.6 Å². The maximum atomic E-state index is 12.7. The number of hydrazone groups is 1. The van der Waals surface area contributed by atoms with Crippen LogP contribution in [0, 0.1) is 0 Å². The Kier molecular flexibility index (Phi) is 3.98. The molecular formula is C18H14Cl2N4O. The third kappa shape index (κ3) is 2.69. The SMILES string of the molecule is CC1=NNC2CN=C(c3ccccc3Cl)c3cc(Cl)ccc3N2C1=O. The monoisotopic (exact) mass is 372 g/mol. The van der Waals surface area contributed by atoms with E-state index in [4.69, 9.17) is 28.2 Å². The van der Waals surface area contributed by atoms with Crippen LogP contribution in [0.1, 0.15) is 18.1 Å². The van der Waals surface area contributed by atoms with Crippen molar-refractivity contribution in [1.82, 2.24) is 5.43 Å². The summed E-state index contributed by atoms with van der Waals surface area (Å²) in [6.45, 7) is 2.04. The minimum absolute atomic E-state index is 0.150. The Balaban J connectivity index is 1.95. The van der Waals surface area contributed by atoms with Crippen LogP contribution in [-0.2, 0) is 4.79 Å². The standard InChI is InChI=1S/C18H14Cl2N4O/c1-10-18(25)24-15-7-6-11(19)8-13(15)17(21-9-16(24)23-22-10)12-4-2-3-5-14(12)20/h2-8,16,23H,9H2,1H3. The molecule has 0 radical (unpaired) electrons. The third-order valence-corrected chi connectivity index (χ3v) is 4.81. The van der Waals surface area contributed by atoms with Crippen LogP contribution in [0.3, 0.4) is 0 Å². The molecule has 1 atom stereocenters. The molecule has 4 rings (SSSR count). The molecule has 5 nitrogen and oxygen atoms in total. The molecule has 2 aromatic rings. The smallest absolute Gasteiger partial charge is 0.275 e. The first-order chi connectivity index (χ1) is 12.1. The maximum absolute atomic E-state index is 12.7. The average molecular weight is 373 g/mol. The highest BCUT2D eigenvalue weighted by atomic mass is 35.5. The highest BCUT2D eigenvalue weighted by Crippen LogP contribution is 2.33. The Morgan fingerprint density at radius 2 is 1.96 bits per heavy atom. The first-order valence-electron chi connectivity index (χ1n) is 7.79. The van der Waals surface area contributed by atoms with Gasteiger partial charge < -0.3 is 0 Å². The summed E-state index contributed by atoms with van der Waals surface area (Å²) in [5.74, 6) is -0.150. The van der Waals surface area contributed by atoms with Gasteiger partial charge in [-0.15, -0.1) is 0 Å². The predicted molar refractivity (Wildman–Crippen MR) is 101 cm³/mol. The largest absolute Gasteiger partial charge is 0.285 e. The first-order valence-corrected chi connectivity index (χ1v) is 8.54. The molecule has 0 bridgehead atoms. The van der Waals surface area contributed by atoms with E-state index in [2.05, 4.69) is 10.5 Å². The van der Waals surface area contributed by atoms with Gasteiger partial charge in [0.05, 0.1) is 17.9 Å². The van der Waals surface area contributed by atoms with E-state index in [-0.39, 0.29) is 12.1 Å². The summed E-state index contributed by atoms with van der Waals surface area (Å²) in [7, 11) is 0. The summed E-state index contributed by atoms with van der Waals surface area (Å²) in [6, 6.07) is 12.9. The van der Waals surface area contributed by atoms with Gasteiger partial charge in [0, 0.05) is 21.2 Å². The van der Waals surface area contributed by atoms with E-state index in [1.165, 1.54) is 0 Å². The molecule has 0 saturated heterocycles. The second-order valence-electron chi connectivity index (χ2n) is 5.85. The van der Waals surface area contributed by atoms with Crippen LogP contribution in [0.4, 0.5) is 5.69 Å². The number of aliphatic imine (C=N–C) groups is 1. The van der Waals surface area contributed by atoms with E-state index in [0.717, 1.165) is 16.8 Å². The number of rotatable bonds is 1. The van der Waals surface area contributed by atoms with E-state index in [0.29, 0.717) is 28.0 Å². The summed E-state index contributed by atoms with van der Waals surface area (Å²) in [6.07, 6.45) is -0.351. The van der Waals surface area contributed by atoms with Crippen molar-refractivity contribution in [3.63, 3.8) is 0 Å². The fourth-order valence-corrected chi connectivity index (χ4v) is 3.44. The molecular weight excluding hydrogens is 359 g/mol. The van der Waals surface area contributed by atoms with Gasteiger partial charge in [-0.05, 0) is 31.2 Å². The molecule has 2 aliphatic heterocycles. The molecule has 2 aliphatic rings. The Hall–Kier alpha value is -2.37. The Morgan fingerprint density at radius 3 is 2.76 bits per heavy atom. The number of halogens is 2. The minimum atomic E-state index is -0.351. The van der Waals surface area contributed by atoms with Crippen molar-refractivity contribution in [2.24, 2.45) is 10.1 Å². The Labute approximate surface area is 155 Å². The fourth-order valence-electron chi connectivity index (χ4n) is 3.05. The molecule has 0 saturated carbocycles. The second-order valence-corrected chi connectivity index (χ2v) is 6.69. The normalized spacial score (nSPS) is 19.2. The van der Waals surface area contributed by atoms with Gasteiger partial charge in [-0.1, -0.05) is 41.4 Å². The van der Waals surface area contributed by atoms with Gasteiger partial charge in [-0.2, -0.15) is 5.10 Å². The quantitative estimate of drug-likeness (QED) is 0.832. The zero-order chi connectivity index (χ0) is 17.6. The Morgan fingerprint density at radius 1 is 1.16 bits per heavy atom. The number of fused-ring (bicyclic) bond motifs is 3. The fraction of sp³-hybridized carbons (Fsp3) is 0.167. The molecule has 2 aromatic carbocycles. The predicted octanol–water partition coefficient (Wildman–Crippen LogP) is 3.48. The maximum Gasteiger partial charge on any atom is 0.275 e. The number of nitrogens with zero attached hydrogens (tertiary/aromatic N) is 3. The molecule has 7 heteroatoms. The molecule has 126 valence electrons. The number of amides is 1. The zero-order valence-electron chi connectivity index (χ0n) is 13.3. The van der Waals surface area contributed by atoms with E-state index in [1.54, 1.807) is 17.9 Å². The summed E-state index contributed by atoms with van der Waals surface area (Å²) < 4.78 is 0. The molecule has 0 aromatic heterocycles.